The van der Waals surface area contributed by atoms with Gasteiger partial charge in [-0.25, -0.2) is 9.78 Å². The van der Waals surface area contributed by atoms with E-state index < -0.39 is 5.60 Å². The maximum Gasteiger partial charge on any atom is 0.410 e. The predicted molar refractivity (Wildman–Crippen MR) is 193 cm³/mol. The van der Waals surface area contributed by atoms with Gasteiger partial charge in [-0.3, -0.25) is 20.3 Å². The van der Waals surface area contributed by atoms with Crippen LogP contribution in [0.15, 0.2) is 53.6 Å². The van der Waals surface area contributed by atoms with Gasteiger partial charge < -0.3 is 30.2 Å². The number of carbonyl (C=O) groups is 2. The molecule has 12 nitrogen and oxygen atoms in total. The first-order valence-corrected chi connectivity index (χ1v) is 16.9. The van der Waals surface area contributed by atoms with Crippen LogP contribution in [0.2, 0.25) is 0 Å². The van der Waals surface area contributed by atoms with Crippen LogP contribution in [0.4, 0.5) is 16.3 Å². The number of unbranched alkanes of at least 4 members (excludes halogenated alkanes) is 2. The van der Waals surface area contributed by atoms with E-state index in [0.717, 1.165) is 58.7 Å². The van der Waals surface area contributed by atoms with Crippen LogP contribution in [0.1, 0.15) is 79.2 Å². The van der Waals surface area contributed by atoms with Crippen molar-refractivity contribution in [1.29, 1.82) is 0 Å². The molecular formula is C37H51N7O5. The summed E-state index contributed by atoms with van der Waals surface area (Å²) in [5, 5.41) is 15.4. The summed E-state index contributed by atoms with van der Waals surface area (Å²) in [5.41, 5.74) is 7.92. The van der Waals surface area contributed by atoms with Crippen molar-refractivity contribution in [2.45, 2.75) is 79.4 Å². The number of piperazine rings is 1. The number of amides is 2. The number of ether oxygens (including phenoxy) is 1. The fourth-order valence-electron chi connectivity index (χ4n) is 5.77. The number of rotatable bonds is 13. The number of benzene rings is 1. The molecule has 1 aliphatic rings. The third kappa shape index (κ3) is 10.3. The first-order valence-electron chi connectivity index (χ1n) is 16.9. The Morgan fingerprint density at radius 1 is 1.02 bits per heavy atom. The molecule has 5 N–H and O–H groups in total. The number of aromatic nitrogens is 2. The molecular weight excluding hydrogens is 622 g/mol. The van der Waals surface area contributed by atoms with Crippen molar-refractivity contribution >= 4 is 23.5 Å². The summed E-state index contributed by atoms with van der Waals surface area (Å²) >= 11 is 0. The van der Waals surface area contributed by atoms with Gasteiger partial charge in [0.15, 0.2) is 0 Å². The molecule has 1 aromatic carbocycles. The number of hydrogen-bond donors (Lipinski definition) is 5. The van der Waals surface area contributed by atoms with Gasteiger partial charge in [0, 0.05) is 79.2 Å². The number of aromatic amines is 1. The summed E-state index contributed by atoms with van der Waals surface area (Å²) in [6.45, 7) is 18.1. The summed E-state index contributed by atoms with van der Waals surface area (Å²) in [6.07, 6.45) is 4.94. The lowest BCUT2D eigenvalue weighted by atomic mass is 9.97. The monoisotopic (exact) mass is 673 g/mol. The third-order valence-corrected chi connectivity index (χ3v) is 8.54. The molecule has 0 aliphatic carbocycles. The number of nitrogens with zero attached hydrogens (tertiary/aromatic N) is 3. The van der Waals surface area contributed by atoms with Gasteiger partial charge in [0.1, 0.15) is 11.4 Å². The van der Waals surface area contributed by atoms with E-state index in [1.807, 2.05) is 78.1 Å². The summed E-state index contributed by atoms with van der Waals surface area (Å²) in [7, 11) is 0. The Bertz CT molecular complexity index is 1690. The van der Waals surface area contributed by atoms with Crippen LogP contribution in [0, 0.1) is 20.8 Å². The van der Waals surface area contributed by atoms with Crippen molar-refractivity contribution in [3.8, 4) is 11.1 Å². The largest absolute Gasteiger partial charge is 0.444 e. The van der Waals surface area contributed by atoms with Crippen LogP contribution in [-0.2, 0) is 11.3 Å². The Labute approximate surface area is 288 Å². The molecule has 1 fully saturated rings. The number of allylic oxidation sites excluding steroid dienone is 1. The smallest absolute Gasteiger partial charge is 0.410 e. The lowest BCUT2D eigenvalue weighted by Crippen LogP contribution is -2.50. The van der Waals surface area contributed by atoms with E-state index in [-0.39, 0.29) is 24.1 Å². The van der Waals surface area contributed by atoms with Crippen molar-refractivity contribution in [1.82, 2.24) is 25.7 Å². The minimum Gasteiger partial charge on any atom is -0.444 e. The van der Waals surface area contributed by atoms with Crippen LogP contribution in [0.25, 0.3) is 11.1 Å². The minimum atomic E-state index is -0.536. The van der Waals surface area contributed by atoms with Crippen molar-refractivity contribution < 1.29 is 19.5 Å². The molecule has 1 saturated heterocycles. The van der Waals surface area contributed by atoms with Crippen molar-refractivity contribution in [2.24, 2.45) is 0 Å². The van der Waals surface area contributed by atoms with Gasteiger partial charge in [-0.15, -0.1) is 0 Å². The maximum absolute atomic E-state index is 13.6. The van der Waals surface area contributed by atoms with Crippen molar-refractivity contribution in [3.63, 3.8) is 0 Å². The predicted octanol–water partition coefficient (Wildman–Crippen LogP) is 5.81. The zero-order valence-corrected chi connectivity index (χ0v) is 29.7. The van der Waals surface area contributed by atoms with Crippen LogP contribution < -0.4 is 26.6 Å². The number of pyridine rings is 2. The quantitative estimate of drug-likeness (QED) is 0.112. The first kappa shape index (κ1) is 37.0. The van der Waals surface area contributed by atoms with Gasteiger partial charge in [0.05, 0.1) is 0 Å². The lowest BCUT2D eigenvalue weighted by Gasteiger charge is -2.36. The Balaban J connectivity index is 1.50. The summed E-state index contributed by atoms with van der Waals surface area (Å²) in [4.78, 5) is 50.2. The SMILES string of the molecule is C=C(CCCCCNc1cc(-c2ccc(N3CCN(C(=O)OC(C)(C)C)CC3)nc2)cc(C(=O)NCc2c(C)cc(C)[nH]c2=O)c1C)NO. The minimum absolute atomic E-state index is 0.109. The van der Waals surface area contributed by atoms with Gasteiger partial charge in [0.2, 0.25) is 0 Å². The molecule has 0 radical (unpaired) electrons. The average molecular weight is 674 g/mol. The lowest BCUT2D eigenvalue weighted by molar-refractivity contribution is 0.0240. The second kappa shape index (κ2) is 16.5. The second-order valence-corrected chi connectivity index (χ2v) is 13.6. The number of carbonyl (C=O) groups excluding carboxylic acids is 2. The first-order chi connectivity index (χ1) is 23.3. The zero-order valence-electron chi connectivity index (χ0n) is 29.7. The van der Waals surface area contributed by atoms with E-state index in [1.54, 1.807) is 4.90 Å². The van der Waals surface area contributed by atoms with Crippen molar-refractivity contribution in [3.05, 3.63) is 87.1 Å². The van der Waals surface area contributed by atoms with Gasteiger partial charge in [0.25, 0.3) is 11.5 Å². The van der Waals surface area contributed by atoms with Gasteiger partial charge in [-0.2, -0.15) is 0 Å². The van der Waals surface area contributed by atoms with E-state index in [1.165, 1.54) is 0 Å². The summed E-state index contributed by atoms with van der Waals surface area (Å²) < 4.78 is 5.52. The molecule has 0 spiro atoms. The molecule has 0 saturated carbocycles. The highest BCUT2D eigenvalue weighted by molar-refractivity contribution is 5.98. The number of H-pyrrole nitrogens is 1. The number of aryl methyl sites for hydroxylation is 2. The highest BCUT2D eigenvalue weighted by Gasteiger charge is 2.26. The van der Waals surface area contributed by atoms with Crippen LogP contribution in [-0.4, -0.2) is 70.4 Å². The topological polar surface area (TPSA) is 152 Å². The molecule has 264 valence electrons. The second-order valence-electron chi connectivity index (χ2n) is 13.6. The van der Waals surface area contributed by atoms with Gasteiger partial charge in [-0.1, -0.05) is 13.0 Å². The molecule has 2 amide bonds. The maximum atomic E-state index is 13.6. The van der Waals surface area contributed by atoms with E-state index in [2.05, 4.69) is 32.6 Å². The Morgan fingerprint density at radius 2 is 1.76 bits per heavy atom. The molecule has 0 unspecified atom stereocenters. The van der Waals surface area contributed by atoms with Crippen LogP contribution in [0.5, 0.6) is 0 Å². The fraction of sp³-hybridized carbons (Fsp3) is 0.459. The number of hydrogen-bond acceptors (Lipinski definition) is 9. The van der Waals surface area contributed by atoms with Crippen molar-refractivity contribution in [2.75, 3.05) is 42.9 Å². The molecule has 49 heavy (non-hydrogen) atoms. The molecule has 3 aromatic rings. The van der Waals surface area contributed by atoms with Crippen LogP contribution in [0.3, 0.4) is 0 Å². The molecule has 0 bridgehead atoms. The molecule has 1 aliphatic heterocycles. The number of anilines is 2. The fourth-order valence-corrected chi connectivity index (χ4v) is 5.77. The van der Waals surface area contributed by atoms with E-state index in [4.69, 9.17) is 14.9 Å². The third-order valence-electron chi connectivity index (χ3n) is 8.54. The van der Waals surface area contributed by atoms with E-state index >= 15 is 0 Å². The average Bonchev–Trinajstić information content (AvgIpc) is 3.05. The molecule has 0 atom stereocenters. The van der Waals surface area contributed by atoms with Gasteiger partial charge >= 0.3 is 6.09 Å². The highest BCUT2D eigenvalue weighted by atomic mass is 16.6. The molecule has 12 heteroatoms. The summed E-state index contributed by atoms with van der Waals surface area (Å²) in [5.74, 6) is 0.540. The van der Waals surface area contributed by atoms with E-state index in [9.17, 15) is 14.4 Å². The Morgan fingerprint density at radius 3 is 2.39 bits per heavy atom. The highest BCUT2D eigenvalue weighted by Crippen LogP contribution is 2.30. The molecule has 2 aromatic heterocycles. The summed E-state index contributed by atoms with van der Waals surface area (Å²) in [6, 6.07) is 9.76. The standard InChI is InChI=1S/C37H51N7O5/c1-24-19-26(3)41-35(46)31(24)23-40-34(45)30-20-29(21-32(27(30)4)38-14-10-8-9-11-25(2)42-48)28-12-13-33(39-22-28)43-15-17-44(18-16-43)36(47)49-37(5,6)7/h12-13,19-22,38,42,48H,2,8-11,14-18,23H2,1,3-7H3,(H,40,45)(H,41,46). The molecule has 3 heterocycles. The van der Waals surface area contributed by atoms with E-state index in [0.29, 0.717) is 56.0 Å². The molecule has 4 rings (SSSR count). The Kier molecular flexibility index (Phi) is 12.5. The Hall–Kier alpha value is -4.84. The normalized spacial score (nSPS) is 13.2. The van der Waals surface area contributed by atoms with Crippen LogP contribution >= 0.6 is 0 Å². The number of hydroxylamine groups is 1. The zero-order chi connectivity index (χ0) is 35.7. The van der Waals surface area contributed by atoms with Gasteiger partial charge in [-0.05, 0) is 108 Å². The number of nitrogens with one attached hydrogen (secondary N) is 4.